The summed E-state index contributed by atoms with van der Waals surface area (Å²) in [5, 5.41) is 3.06. The molecule has 3 N–H and O–H groups in total. The SMILES string of the molecule is I.NC(=NCCCN1CCOCC1)NCCOc1ccccc1. The van der Waals surface area contributed by atoms with Gasteiger partial charge in [-0.2, -0.15) is 0 Å². The molecule has 0 radical (unpaired) electrons. The smallest absolute Gasteiger partial charge is 0.188 e. The van der Waals surface area contributed by atoms with Crippen molar-refractivity contribution in [2.75, 3.05) is 52.5 Å². The minimum atomic E-state index is 0. The number of para-hydroxylation sites is 1. The molecule has 0 aliphatic carbocycles. The van der Waals surface area contributed by atoms with Crippen molar-refractivity contribution < 1.29 is 9.47 Å². The van der Waals surface area contributed by atoms with E-state index < -0.39 is 0 Å². The van der Waals surface area contributed by atoms with Gasteiger partial charge in [0.2, 0.25) is 0 Å². The molecule has 0 bridgehead atoms. The number of morpholine rings is 1. The molecule has 7 heteroatoms. The van der Waals surface area contributed by atoms with Crippen molar-refractivity contribution in [3.63, 3.8) is 0 Å². The van der Waals surface area contributed by atoms with Crippen molar-refractivity contribution >= 4 is 29.9 Å². The zero-order chi connectivity index (χ0) is 15.5. The van der Waals surface area contributed by atoms with E-state index in [1.807, 2.05) is 30.3 Å². The van der Waals surface area contributed by atoms with Crippen LogP contribution in [-0.4, -0.2) is 63.4 Å². The number of nitrogens with zero attached hydrogens (tertiary/aromatic N) is 2. The molecule has 1 saturated heterocycles. The van der Waals surface area contributed by atoms with Gasteiger partial charge < -0.3 is 20.5 Å². The summed E-state index contributed by atoms with van der Waals surface area (Å²) in [6, 6.07) is 9.74. The molecule has 1 aromatic carbocycles. The van der Waals surface area contributed by atoms with Gasteiger partial charge in [-0.15, -0.1) is 24.0 Å². The van der Waals surface area contributed by atoms with Gasteiger partial charge in [0.05, 0.1) is 19.8 Å². The van der Waals surface area contributed by atoms with Crippen LogP contribution < -0.4 is 15.8 Å². The molecular weight excluding hydrogens is 407 g/mol. The predicted octanol–water partition coefficient (Wildman–Crippen LogP) is 1.31. The van der Waals surface area contributed by atoms with Crippen molar-refractivity contribution in [3.05, 3.63) is 30.3 Å². The Morgan fingerprint density at radius 1 is 1.26 bits per heavy atom. The highest BCUT2D eigenvalue weighted by Gasteiger charge is 2.08. The van der Waals surface area contributed by atoms with E-state index in [2.05, 4.69) is 15.2 Å². The van der Waals surface area contributed by atoms with E-state index in [9.17, 15) is 0 Å². The summed E-state index contributed by atoms with van der Waals surface area (Å²) >= 11 is 0. The highest BCUT2D eigenvalue weighted by molar-refractivity contribution is 14.0. The monoisotopic (exact) mass is 434 g/mol. The van der Waals surface area contributed by atoms with Crippen LogP contribution in [0, 0.1) is 0 Å². The van der Waals surface area contributed by atoms with E-state index in [4.69, 9.17) is 15.2 Å². The van der Waals surface area contributed by atoms with Gasteiger partial charge in [-0.05, 0) is 18.6 Å². The van der Waals surface area contributed by atoms with Crippen molar-refractivity contribution in [3.8, 4) is 5.75 Å². The van der Waals surface area contributed by atoms with Crippen LogP contribution >= 0.6 is 24.0 Å². The Morgan fingerprint density at radius 3 is 2.74 bits per heavy atom. The Bertz CT molecular complexity index is 439. The summed E-state index contributed by atoms with van der Waals surface area (Å²) in [5.74, 6) is 1.35. The molecule has 1 aliphatic heterocycles. The van der Waals surface area contributed by atoms with Gasteiger partial charge in [-0.25, -0.2) is 0 Å². The number of rotatable bonds is 8. The van der Waals surface area contributed by atoms with Crippen LogP contribution in [0.15, 0.2) is 35.3 Å². The van der Waals surface area contributed by atoms with Crippen LogP contribution in [0.4, 0.5) is 0 Å². The molecule has 1 fully saturated rings. The van der Waals surface area contributed by atoms with E-state index in [1.54, 1.807) is 0 Å². The number of ether oxygens (including phenoxy) is 2. The molecule has 1 aromatic rings. The molecule has 130 valence electrons. The van der Waals surface area contributed by atoms with Gasteiger partial charge >= 0.3 is 0 Å². The van der Waals surface area contributed by atoms with E-state index in [1.165, 1.54) is 0 Å². The van der Waals surface area contributed by atoms with Gasteiger partial charge in [0.15, 0.2) is 5.96 Å². The molecule has 6 nitrogen and oxygen atoms in total. The lowest BCUT2D eigenvalue weighted by atomic mass is 10.3. The Balaban J connectivity index is 0.00000264. The Hall–Kier alpha value is -1.06. The summed E-state index contributed by atoms with van der Waals surface area (Å²) in [7, 11) is 0. The zero-order valence-electron chi connectivity index (χ0n) is 13.4. The van der Waals surface area contributed by atoms with Gasteiger partial charge in [0, 0.05) is 26.2 Å². The van der Waals surface area contributed by atoms with Gasteiger partial charge in [-0.1, -0.05) is 18.2 Å². The predicted molar refractivity (Wildman–Crippen MR) is 104 cm³/mol. The molecule has 1 heterocycles. The van der Waals surface area contributed by atoms with E-state index in [-0.39, 0.29) is 24.0 Å². The number of hydrogen-bond donors (Lipinski definition) is 2. The maximum atomic E-state index is 5.82. The Morgan fingerprint density at radius 2 is 2.00 bits per heavy atom. The third-order valence-corrected chi connectivity index (χ3v) is 3.44. The summed E-state index contributed by atoms with van der Waals surface area (Å²) in [5.41, 5.74) is 5.82. The number of guanidine groups is 1. The van der Waals surface area contributed by atoms with Crippen LogP contribution in [0.1, 0.15) is 6.42 Å². The maximum absolute atomic E-state index is 5.82. The first-order valence-electron chi connectivity index (χ1n) is 7.86. The summed E-state index contributed by atoms with van der Waals surface area (Å²) in [6.07, 6.45) is 1.02. The summed E-state index contributed by atoms with van der Waals surface area (Å²) < 4.78 is 10.9. The number of hydrogen-bond acceptors (Lipinski definition) is 4. The first-order chi connectivity index (χ1) is 10.8. The third-order valence-electron chi connectivity index (χ3n) is 3.44. The number of halogens is 1. The molecule has 0 atom stereocenters. The molecule has 0 aromatic heterocycles. The number of nitrogens with one attached hydrogen (secondary N) is 1. The summed E-state index contributed by atoms with van der Waals surface area (Å²) in [4.78, 5) is 6.72. The van der Waals surface area contributed by atoms with Crippen molar-refractivity contribution in [2.45, 2.75) is 6.42 Å². The lowest BCUT2D eigenvalue weighted by molar-refractivity contribution is 0.0377. The Labute approximate surface area is 155 Å². The standard InChI is InChI=1S/C16H26N4O2.HI/c17-16(18-7-4-9-20-10-13-21-14-11-20)19-8-12-22-15-5-2-1-3-6-15;/h1-3,5-6H,4,7-14H2,(H3,17,18,19);1H. The van der Waals surface area contributed by atoms with E-state index in [0.717, 1.165) is 51.6 Å². The topological polar surface area (TPSA) is 72.1 Å². The quantitative estimate of drug-likeness (QED) is 0.280. The molecule has 0 spiro atoms. The second-order valence-electron chi connectivity index (χ2n) is 5.16. The lowest BCUT2D eigenvalue weighted by Gasteiger charge is -2.26. The van der Waals surface area contributed by atoms with E-state index in [0.29, 0.717) is 19.1 Å². The first kappa shape index (κ1) is 20.0. The molecule has 0 unspecified atom stereocenters. The second-order valence-corrected chi connectivity index (χ2v) is 5.16. The molecule has 23 heavy (non-hydrogen) atoms. The van der Waals surface area contributed by atoms with Crippen LogP contribution in [0.5, 0.6) is 5.75 Å². The van der Waals surface area contributed by atoms with Crippen LogP contribution in [0.3, 0.4) is 0 Å². The highest BCUT2D eigenvalue weighted by atomic mass is 127. The van der Waals surface area contributed by atoms with Crippen LogP contribution in [0.25, 0.3) is 0 Å². The number of aliphatic imine (C=N–C) groups is 1. The van der Waals surface area contributed by atoms with Crippen molar-refractivity contribution in [2.24, 2.45) is 10.7 Å². The van der Waals surface area contributed by atoms with Crippen LogP contribution in [-0.2, 0) is 4.74 Å². The van der Waals surface area contributed by atoms with Crippen molar-refractivity contribution in [1.29, 1.82) is 0 Å². The fourth-order valence-electron chi connectivity index (χ4n) is 2.24. The molecule has 1 aliphatic rings. The average molecular weight is 434 g/mol. The van der Waals surface area contributed by atoms with Crippen molar-refractivity contribution in [1.82, 2.24) is 10.2 Å². The lowest BCUT2D eigenvalue weighted by Crippen LogP contribution is -2.37. The first-order valence-corrected chi connectivity index (χ1v) is 7.86. The second kappa shape index (κ2) is 12.4. The van der Waals surface area contributed by atoms with Gasteiger partial charge in [-0.3, -0.25) is 9.89 Å². The largest absolute Gasteiger partial charge is 0.492 e. The normalized spacial score (nSPS) is 15.7. The van der Waals surface area contributed by atoms with Gasteiger partial charge in [0.1, 0.15) is 12.4 Å². The highest BCUT2D eigenvalue weighted by Crippen LogP contribution is 2.07. The molecular formula is C16H27IN4O2. The Kier molecular flexibility index (Phi) is 10.8. The van der Waals surface area contributed by atoms with Crippen LogP contribution in [0.2, 0.25) is 0 Å². The van der Waals surface area contributed by atoms with Gasteiger partial charge in [0.25, 0.3) is 0 Å². The maximum Gasteiger partial charge on any atom is 0.188 e. The molecule has 0 saturated carbocycles. The third kappa shape index (κ3) is 8.97. The minimum Gasteiger partial charge on any atom is -0.492 e. The fraction of sp³-hybridized carbons (Fsp3) is 0.562. The number of nitrogens with two attached hydrogens (primary N) is 1. The number of benzene rings is 1. The molecule has 2 rings (SSSR count). The van der Waals surface area contributed by atoms with E-state index >= 15 is 0 Å². The minimum absolute atomic E-state index is 0. The fourth-order valence-corrected chi connectivity index (χ4v) is 2.24. The molecule has 0 amide bonds. The summed E-state index contributed by atoms with van der Waals surface area (Å²) in [6.45, 7) is 6.74. The zero-order valence-corrected chi connectivity index (χ0v) is 15.8. The average Bonchev–Trinajstić information content (AvgIpc) is 2.57.